The van der Waals surface area contributed by atoms with Crippen LogP contribution in [0, 0.1) is 11.3 Å². The van der Waals surface area contributed by atoms with Crippen molar-refractivity contribution in [2.24, 2.45) is 11.3 Å². The Morgan fingerprint density at radius 1 is 0.824 bits per heavy atom. The molecule has 0 heteroatoms. The molecule has 0 aromatic rings. The van der Waals surface area contributed by atoms with E-state index < -0.39 is 0 Å². The van der Waals surface area contributed by atoms with Gasteiger partial charge in [0.2, 0.25) is 0 Å². The third-order valence-electron chi connectivity index (χ3n) is 3.09. The monoisotopic (exact) mass is 244 g/mol. The summed E-state index contributed by atoms with van der Waals surface area (Å²) in [6.07, 6.45) is 8.41. The molecule has 0 nitrogen and oxygen atoms in total. The lowest BCUT2D eigenvalue weighted by Crippen LogP contribution is -2.08. The fourth-order valence-corrected chi connectivity index (χ4v) is 1.51. The van der Waals surface area contributed by atoms with E-state index >= 15 is 0 Å². The maximum absolute atomic E-state index is 2.38. The van der Waals surface area contributed by atoms with E-state index in [0.29, 0.717) is 5.41 Å². The molecule has 0 saturated carbocycles. The van der Waals surface area contributed by atoms with Crippen LogP contribution in [0.5, 0.6) is 0 Å². The van der Waals surface area contributed by atoms with E-state index in [1.54, 1.807) is 0 Å². The van der Waals surface area contributed by atoms with Crippen LogP contribution in [0.3, 0.4) is 0 Å². The van der Waals surface area contributed by atoms with Crippen LogP contribution in [0.15, 0.2) is 0 Å². The highest BCUT2D eigenvalue weighted by atomic mass is 14.2. The van der Waals surface area contributed by atoms with Crippen LogP contribution in [-0.4, -0.2) is 0 Å². The summed E-state index contributed by atoms with van der Waals surface area (Å²) in [4.78, 5) is 0. The highest BCUT2D eigenvalue weighted by Crippen LogP contribution is 2.27. The predicted octanol–water partition coefficient (Wildman–Crippen LogP) is 7.08. The molecule has 0 spiro atoms. The van der Waals surface area contributed by atoms with Crippen molar-refractivity contribution in [2.45, 2.75) is 101 Å². The van der Waals surface area contributed by atoms with Crippen LogP contribution in [0.2, 0.25) is 0 Å². The van der Waals surface area contributed by atoms with Crippen LogP contribution in [-0.2, 0) is 0 Å². The molecule has 108 valence electrons. The first kappa shape index (κ1) is 22.2. The summed E-state index contributed by atoms with van der Waals surface area (Å²) >= 11 is 0. The molecule has 0 amide bonds. The molecule has 0 aliphatic carbocycles. The van der Waals surface area contributed by atoms with Gasteiger partial charge >= 0.3 is 0 Å². The van der Waals surface area contributed by atoms with Gasteiger partial charge < -0.3 is 0 Å². The Morgan fingerprint density at radius 3 is 1.65 bits per heavy atom. The molecule has 0 saturated heterocycles. The number of unbranched alkanes of at least 4 members (excludes halogenated alkanes) is 2. The minimum absolute atomic E-state index is 0.581. The van der Waals surface area contributed by atoms with Crippen LogP contribution >= 0.6 is 0 Å². The number of hydrogen-bond donors (Lipinski definition) is 0. The SMILES string of the molecule is CC.CC.CCC(C)(C)CCCCCC(C)C. The maximum atomic E-state index is 2.38. The Morgan fingerprint density at radius 2 is 1.29 bits per heavy atom. The van der Waals surface area contributed by atoms with Crippen molar-refractivity contribution in [3.05, 3.63) is 0 Å². The van der Waals surface area contributed by atoms with Crippen LogP contribution in [0.1, 0.15) is 101 Å². The Labute approximate surface area is 113 Å². The van der Waals surface area contributed by atoms with Gasteiger partial charge in [0, 0.05) is 0 Å². The number of rotatable bonds is 7. The summed E-state index contributed by atoms with van der Waals surface area (Å²) in [5, 5.41) is 0. The fourth-order valence-electron chi connectivity index (χ4n) is 1.51. The fraction of sp³-hybridized carbons (Fsp3) is 1.00. The lowest BCUT2D eigenvalue weighted by molar-refractivity contribution is 0.306. The minimum atomic E-state index is 0.581. The molecule has 17 heavy (non-hydrogen) atoms. The molecule has 0 aliphatic heterocycles. The molecular formula is C17H40. The highest BCUT2D eigenvalue weighted by molar-refractivity contribution is 4.65. The topological polar surface area (TPSA) is 0 Å². The zero-order valence-electron chi connectivity index (χ0n) is 14.3. The summed E-state index contributed by atoms with van der Waals surface area (Å²) in [5.74, 6) is 0.888. The molecule has 0 radical (unpaired) electrons. The quantitative estimate of drug-likeness (QED) is 0.420. The Bertz CT molecular complexity index is 111. The second-order valence-electron chi connectivity index (χ2n) is 5.51. The van der Waals surface area contributed by atoms with Gasteiger partial charge in [0.15, 0.2) is 0 Å². The van der Waals surface area contributed by atoms with Gasteiger partial charge in [-0.2, -0.15) is 0 Å². The average molecular weight is 245 g/mol. The Kier molecular flexibility index (Phi) is 20.9. The normalized spacial score (nSPS) is 10.2. The largest absolute Gasteiger partial charge is 0.0683 e. The van der Waals surface area contributed by atoms with Crippen molar-refractivity contribution < 1.29 is 0 Å². The Hall–Kier alpha value is 0. The summed E-state index contributed by atoms with van der Waals surface area (Å²) in [5.41, 5.74) is 0.581. The standard InChI is InChI=1S/C13H28.2C2H6/c1-6-13(4,5)11-9-7-8-10-12(2)3;2*1-2/h12H,6-11H2,1-5H3;2*1-2H3. The molecule has 0 rings (SSSR count). The van der Waals surface area contributed by atoms with E-state index in [0.717, 1.165) is 5.92 Å². The average Bonchev–Trinajstić information content (AvgIpc) is 2.33. The molecule has 0 N–H and O–H groups in total. The molecule has 0 aromatic heterocycles. The van der Waals surface area contributed by atoms with Gasteiger partial charge in [-0.15, -0.1) is 0 Å². The zero-order valence-corrected chi connectivity index (χ0v) is 14.3. The summed E-state index contributed by atoms with van der Waals surface area (Å²) < 4.78 is 0. The maximum Gasteiger partial charge on any atom is -0.0357 e. The second-order valence-corrected chi connectivity index (χ2v) is 5.51. The molecule has 0 aliphatic rings. The third kappa shape index (κ3) is 21.8. The smallest absolute Gasteiger partial charge is 0.0357 e. The van der Waals surface area contributed by atoms with E-state index in [1.807, 2.05) is 27.7 Å². The zero-order chi connectivity index (χ0) is 14.3. The van der Waals surface area contributed by atoms with Gasteiger partial charge in [0.1, 0.15) is 0 Å². The van der Waals surface area contributed by atoms with Crippen LogP contribution in [0.25, 0.3) is 0 Å². The van der Waals surface area contributed by atoms with Crippen molar-refractivity contribution >= 4 is 0 Å². The van der Waals surface area contributed by atoms with Crippen molar-refractivity contribution in [2.75, 3.05) is 0 Å². The first-order valence-electron chi connectivity index (χ1n) is 7.98. The molecule has 0 unspecified atom stereocenters. The third-order valence-corrected chi connectivity index (χ3v) is 3.09. The van der Waals surface area contributed by atoms with Crippen molar-refractivity contribution in [3.8, 4) is 0 Å². The first-order chi connectivity index (χ1) is 7.98. The summed E-state index contributed by atoms with van der Waals surface area (Å²) in [7, 11) is 0. The molecule has 0 heterocycles. The predicted molar refractivity (Wildman–Crippen MR) is 84.7 cm³/mol. The lowest BCUT2D eigenvalue weighted by Gasteiger charge is -2.22. The van der Waals surface area contributed by atoms with E-state index in [2.05, 4.69) is 34.6 Å². The highest BCUT2D eigenvalue weighted by Gasteiger charge is 2.13. The second kappa shape index (κ2) is 16.0. The molecular weight excluding hydrogens is 204 g/mol. The minimum Gasteiger partial charge on any atom is -0.0683 e. The Balaban J connectivity index is -0.000000439. The van der Waals surface area contributed by atoms with Gasteiger partial charge in [-0.1, -0.05) is 94.4 Å². The van der Waals surface area contributed by atoms with E-state index in [4.69, 9.17) is 0 Å². The molecule has 0 fully saturated rings. The van der Waals surface area contributed by atoms with Gasteiger partial charge in [0.25, 0.3) is 0 Å². The van der Waals surface area contributed by atoms with Crippen molar-refractivity contribution in [1.82, 2.24) is 0 Å². The summed E-state index contributed by atoms with van der Waals surface area (Å²) in [6.45, 7) is 19.7. The number of hydrogen-bond acceptors (Lipinski definition) is 0. The van der Waals surface area contributed by atoms with Gasteiger partial charge in [-0.05, 0) is 17.8 Å². The van der Waals surface area contributed by atoms with E-state index in [1.165, 1.54) is 38.5 Å². The van der Waals surface area contributed by atoms with Crippen LogP contribution in [0.4, 0.5) is 0 Å². The van der Waals surface area contributed by atoms with Gasteiger partial charge in [-0.25, -0.2) is 0 Å². The lowest BCUT2D eigenvalue weighted by atomic mass is 9.84. The van der Waals surface area contributed by atoms with E-state index in [9.17, 15) is 0 Å². The van der Waals surface area contributed by atoms with Gasteiger partial charge in [0.05, 0.1) is 0 Å². The first-order valence-corrected chi connectivity index (χ1v) is 7.98. The molecule has 0 atom stereocenters. The van der Waals surface area contributed by atoms with Gasteiger partial charge in [-0.3, -0.25) is 0 Å². The van der Waals surface area contributed by atoms with Crippen molar-refractivity contribution in [1.29, 1.82) is 0 Å². The van der Waals surface area contributed by atoms with Crippen LogP contribution < -0.4 is 0 Å². The van der Waals surface area contributed by atoms with Crippen molar-refractivity contribution in [3.63, 3.8) is 0 Å². The van der Waals surface area contributed by atoms with E-state index in [-0.39, 0.29) is 0 Å². The summed E-state index contributed by atoms with van der Waals surface area (Å²) in [6, 6.07) is 0. The molecule has 0 bridgehead atoms. The molecule has 0 aromatic carbocycles.